The smallest absolute Gasteiger partial charge is 0.338 e. The molecular formula is C51H60N2O15. The zero-order valence-corrected chi connectivity index (χ0v) is 39.6. The SMILES string of the molecule is CC(=O)N(C)C.CC(=O)O[C@H]1C(=O)[C@@]2(C)C(C(OC(=O)c3ccccc3)[C@]3(O)C[C@H](OC(=O)[C@H](O)[C@@H](NC(=O)c4ccccc4)c4ccccc4)C(C)=C1C3(C)C)[C@]1(OC(C)=O)CO[C@@H]1C[C@@H]2O. The summed E-state index contributed by atoms with van der Waals surface area (Å²) in [7, 11) is 3.45. The predicted molar refractivity (Wildman–Crippen MR) is 242 cm³/mol. The number of aliphatic hydroxyl groups excluding tert-OH is 2. The number of esters is 4. The number of benzene rings is 3. The van der Waals surface area contributed by atoms with Crippen LogP contribution in [-0.4, -0.2) is 130 Å². The molecule has 1 saturated heterocycles. The fourth-order valence-corrected chi connectivity index (χ4v) is 10.2. The van der Waals surface area contributed by atoms with Crippen LogP contribution in [0.2, 0.25) is 0 Å². The molecule has 2 amide bonds. The Morgan fingerprint density at radius 2 is 1.35 bits per heavy atom. The number of nitrogens with zero attached hydrogens (tertiary/aromatic N) is 1. The van der Waals surface area contributed by atoms with Crippen LogP contribution in [-0.2, 0) is 47.7 Å². The van der Waals surface area contributed by atoms with Crippen LogP contribution in [0.1, 0.15) is 93.6 Å². The fourth-order valence-electron chi connectivity index (χ4n) is 10.2. The minimum absolute atomic E-state index is 0.00289. The van der Waals surface area contributed by atoms with Crippen molar-refractivity contribution in [2.75, 3.05) is 20.7 Å². The molecule has 3 fully saturated rings. The van der Waals surface area contributed by atoms with E-state index in [9.17, 15) is 44.1 Å². The fraction of sp³-hybridized carbons (Fsp3) is 0.471. The van der Waals surface area contributed by atoms with Crippen molar-refractivity contribution in [3.63, 3.8) is 0 Å². The van der Waals surface area contributed by atoms with Crippen LogP contribution in [0.25, 0.3) is 0 Å². The van der Waals surface area contributed by atoms with Gasteiger partial charge in [-0.25, -0.2) is 9.59 Å². The number of aliphatic hydroxyl groups is 3. The van der Waals surface area contributed by atoms with Crippen LogP contribution in [0, 0.1) is 16.7 Å². The molecule has 3 aliphatic carbocycles. The summed E-state index contributed by atoms with van der Waals surface area (Å²) in [6, 6.07) is 22.9. The molecule has 0 radical (unpaired) electrons. The average Bonchev–Trinajstić information content (AvgIpc) is 3.29. The average molecular weight is 941 g/mol. The van der Waals surface area contributed by atoms with Gasteiger partial charge in [-0.1, -0.05) is 80.6 Å². The molecule has 7 rings (SSSR count). The van der Waals surface area contributed by atoms with Gasteiger partial charge in [0.1, 0.15) is 23.9 Å². The Morgan fingerprint density at radius 1 is 0.809 bits per heavy atom. The van der Waals surface area contributed by atoms with Crippen molar-refractivity contribution in [3.8, 4) is 0 Å². The van der Waals surface area contributed by atoms with Crippen molar-refractivity contribution < 1.29 is 72.6 Å². The van der Waals surface area contributed by atoms with E-state index in [1.54, 1.807) is 107 Å². The van der Waals surface area contributed by atoms with Gasteiger partial charge in [0.05, 0.1) is 35.6 Å². The number of fused-ring (bicyclic) bond motifs is 5. The van der Waals surface area contributed by atoms with Gasteiger partial charge < -0.3 is 49.2 Å². The van der Waals surface area contributed by atoms with E-state index in [1.165, 1.54) is 37.8 Å². The molecular weight excluding hydrogens is 881 g/mol. The van der Waals surface area contributed by atoms with E-state index in [0.717, 1.165) is 13.8 Å². The van der Waals surface area contributed by atoms with E-state index in [2.05, 4.69) is 5.32 Å². The Morgan fingerprint density at radius 3 is 1.85 bits per heavy atom. The molecule has 0 spiro atoms. The van der Waals surface area contributed by atoms with Crippen molar-refractivity contribution in [1.29, 1.82) is 0 Å². The molecule has 17 heteroatoms. The molecule has 2 saturated carbocycles. The summed E-state index contributed by atoms with van der Waals surface area (Å²) in [5, 5.41) is 40.2. The third-order valence-electron chi connectivity index (χ3n) is 14.1. The molecule has 364 valence electrons. The second-order valence-electron chi connectivity index (χ2n) is 18.8. The number of hydrogen-bond donors (Lipinski definition) is 4. The Bertz CT molecular complexity index is 2440. The van der Waals surface area contributed by atoms with Gasteiger partial charge in [0, 0.05) is 58.7 Å². The molecule has 2 bridgehead atoms. The highest BCUT2D eigenvalue weighted by Crippen LogP contribution is 2.64. The maximum atomic E-state index is 15.5. The van der Waals surface area contributed by atoms with E-state index in [4.69, 9.17) is 23.7 Å². The number of rotatable bonds is 10. The lowest BCUT2D eigenvalue weighted by atomic mass is 9.44. The minimum Gasteiger partial charge on any atom is -0.456 e. The first kappa shape index (κ1) is 51.1. The third kappa shape index (κ3) is 9.31. The summed E-state index contributed by atoms with van der Waals surface area (Å²) in [4.78, 5) is 95.1. The predicted octanol–water partition coefficient (Wildman–Crippen LogP) is 3.83. The van der Waals surface area contributed by atoms with E-state index >= 15 is 4.79 Å². The van der Waals surface area contributed by atoms with Crippen LogP contribution in [0.3, 0.4) is 0 Å². The highest BCUT2D eigenvalue weighted by Gasteiger charge is 2.78. The summed E-state index contributed by atoms with van der Waals surface area (Å²) in [6.07, 6.45) is -10.5. The first-order chi connectivity index (χ1) is 31.9. The second-order valence-corrected chi connectivity index (χ2v) is 18.8. The van der Waals surface area contributed by atoms with Crippen molar-refractivity contribution in [3.05, 3.63) is 119 Å². The number of amides is 2. The van der Waals surface area contributed by atoms with Gasteiger partial charge in [0.2, 0.25) is 5.91 Å². The van der Waals surface area contributed by atoms with Crippen LogP contribution in [0.5, 0.6) is 0 Å². The maximum Gasteiger partial charge on any atom is 0.338 e. The van der Waals surface area contributed by atoms with Crippen molar-refractivity contribution in [1.82, 2.24) is 10.2 Å². The lowest BCUT2D eigenvalue weighted by Crippen LogP contribution is -2.82. The number of Topliss-reactive ketones (excluding diaryl/α,β-unsaturated/α-hetero) is 1. The quantitative estimate of drug-likeness (QED) is 0.128. The molecule has 11 atom stereocenters. The van der Waals surface area contributed by atoms with E-state index in [1.807, 2.05) is 0 Å². The summed E-state index contributed by atoms with van der Waals surface area (Å²) < 4.78 is 30.3. The lowest BCUT2D eigenvalue weighted by molar-refractivity contribution is -0.346. The van der Waals surface area contributed by atoms with Gasteiger partial charge in [-0.15, -0.1) is 0 Å². The first-order valence-corrected chi connectivity index (χ1v) is 22.3. The minimum atomic E-state index is -2.39. The molecule has 3 aromatic carbocycles. The van der Waals surface area contributed by atoms with Gasteiger partial charge in [-0.3, -0.25) is 24.0 Å². The number of ketones is 1. The monoisotopic (exact) mass is 940 g/mol. The molecule has 1 heterocycles. The summed E-state index contributed by atoms with van der Waals surface area (Å²) in [5.74, 6) is -6.75. The first-order valence-electron chi connectivity index (χ1n) is 22.3. The Balaban J connectivity index is 0.00000119. The summed E-state index contributed by atoms with van der Waals surface area (Å²) in [6.45, 7) is 9.50. The summed E-state index contributed by atoms with van der Waals surface area (Å²) in [5.41, 5.74) is -7.02. The van der Waals surface area contributed by atoms with E-state index in [0.29, 0.717) is 5.56 Å². The normalized spacial score (nSPS) is 29.7. The molecule has 17 nitrogen and oxygen atoms in total. The summed E-state index contributed by atoms with van der Waals surface area (Å²) >= 11 is 0. The zero-order valence-electron chi connectivity index (χ0n) is 39.6. The number of nitrogens with one attached hydrogen (secondary N) is 1. The maximum absolute atomic E-state index is 15.5. The lowest BCUT2D eigenvalue weighted by Gasteiger charge is -2.67. The van der Waals surface area contributed by atoms with Crippen molar-refractivity contribution in [2.24, 2.45) is 16.7 Å². The number of hydrogen-bond acceptors (Lipinski definition) is 15. The highest BCUT2D eigenvalue weighted by atomic mass is 16.6. The molecule has 3 aromatic rings. The standard InChI is InChI=1S/C47H51NO14.C4H9NO/c1-25-31(60-43(56)36(52)35(28-16-10-7-11-17-28)48-41(54)29-18-12-8-13-19-29)23-47(57)40(61-42(55)30-20-14-9-15-21-30)38-45(6,32(51)22-33-46(38,24-58-33)62-27(3)50)39(53)37(59-26(2)49)34(25)44(47,4)5;1-4(6)5(2)3/h7-21,31-33,35-38,40,51-52,57H,22-24H2,1-6H3,(H,48,54);1-3H3/t31-,32-,33+,35-,36+,37+,38?,40?,45+,46-,47+;/m0./s1. The van der Waals surface area contributed by atoms with Crippen molar-refractivity contribution in [2.45, 2.75) is 115 Å². The van der Waals surface area contributed by atoms with Crippen molar-refractivity contribution >= 4 is 41.5 Å². The Hall–Kier alpha value is -6.27. The van der Waals surface area contributed by atoms with Crippen LogP contribution in [0.15, 0.2) is 102 Å². The molecule has 68 heavy (non-hydrogen) atoms. The zero-order chi connectivity index (χ0) is 50.1. The third-order valence-corrected chi connectivity index (χ3v) is 14.1. The van der Waals surface area contributed by atoms with Gasteiger partial charge in [0.25, 0.3) is 5.91 Å². The van der Waals surface area contributed by atoms with Gasteiger partial charge in [-0.2, -0.15) is 0 Å². The van der Waals surface area contributed by atoms with Crippen LogP contribution in [0.4, 0.5) is 0 Å². The largest absolute Gasteiger partial charge is 0.456 e. The molecule has 4 aliphatic rings. The molecule has 0 aromatic heterocycles. The second kappa shape index (κ2) is 19.8. The number of carbonyl (C=O) groups excluding carboxylic acids is 7. The molecule has 4 N–H and O–H groups in total. The highest BCUT2D eigenvalue weighted by molar-refractivity contribution is 5.96. The van der Waals surface area contributed by atoms with Gasteiger partial charge in [-0.05, 0) is 54.8 Å². The number of carbonyl (C=O) groups is 7. The van der Waals surface area contributed by atoms with Crippen LogP contribution >= 0.6 is 0 Å². The Labute approximate surface area is 394 Å². The van der Waals surface area contributed by atoms with E-state index < -0.39 is 113 Å². The van der Waals surface area contributed by atoms with Gasteiger partial charge in [0.15, 0.2) is 23.6 Å². The van der Waals surface area contributed by atoms with Gasteiger partial charge >= 0.3 is 23.9 Å². The topological polar surface area (TPSA) is 242 Å². The Kier molecular flexibility index (Phi) is 14.9. The number of ether oxygens (including phenoxy) is 5. The molecule has 1 aliphatic heterocycles. The van der Waals surface area contributed by atoms with Crippen LogP contribution < -0.4 is 5.32 Å². The van der Waals surface area contributed by atoms with E-state index in [-0.39, 0.29) is 41.2 Å². The molecule has 2 unspecified atom stereocenters.